The predicted octanol–water partition coefficient (Wildman–Crippen LogP) is 4.71. The summed E-state index contributed by atoms with van der Waals surface area (Å²) in [5, 5.41) is 0.257. The van der Waals surface area contributed by atoms with Crippen LogP contribution < -0.4 is 0 Å². The molecular formula is C16H33NO2SSi. The predicted molar refractivity (Wildman–Crippen MR) is 95.8 cm³/mol. The zero-order valence-corrected chi connectivity index (χ0v) is 16.8. The third-order valence-electron chi connectivity index (χ3n) is 4.58. The largest absolute Gasteiger partial charge is 0.414 e. The van der Waals surface area contributed by atoms with Crippen molar-refractivity contribution in [2.75, 3.05) is 0 Å². The molecule has 0 radical (unpaired) electrons. The van der Waals surface area contributed by atoms with Gasteiger partial charge < -0.3 is 4.43 Å². The lowest BCUT2D eigenvalue weighted by atomic mass is 10.1. The molecule has 1 rings (SSSR count). The van der Waals surface area contributed by atoms with E-state index in [2.05, 4.69) is 38.3 Å². The molecule has 1 saturated carbocycles. The van der Waals surface area contributed by atoms with Gasteiger partial charge in [-0.25, -0.2) is 4.21 Å². The van der Waals surface area contributed by atoms with Gasteiger partial charge in [0, 0.05) is 12.3 Å². The average molecular weight is 332 g/mol. The van der Waals surface area contributed by atoms with E-state index in [4.69, 9.17) is 4.43 Å². The van der Waals surface area contributed by atoms with Crippen molar-refractivity contribution in [3.63, 3.8) is 0 Å². The van der Waals surface area contributed by atoms with E-state index in [1.165, 1.54) is 0 Å². The Balaban J connectivity index is 2.54. The highest BCUT2D eigenvalue weighted by Crippen LogP contribution is 2.40. The fraction of sp³-hybridized carbons (Fsp3) is 0.938. The highest BCUT2D eigenvalue weighted by atomic mass is 32.2. The fourth-order valence-corrected chi connectivity index (χ4v) is 4.11. The van der Waals surface area contributed by atoms with Crippen molar-refractivity contribution in [2.45, 2.75) is 89.8 Å². The minimum absolute atomic E-state index is 0.257. The van der Waals surface area contributed by atoms with Crippen LogP contribution in [0.4, 0.5) is 0 Å². The molecule has 0 spiro atoms. The monoisotopic (exact) mass is 331 g/mol. The Morgan fingerprint density at radius 2 is 1.71 bits per heavy atom. The van der Waals surface area contributed by atoms with Crippen molar-refractivity contribution in [3.8, 4) is 0 Å². The molecule has 0 bridgehead atoms. The van der Waals surface area contributed by atoms with Crippen molar-refractivity contribution in [3.05, 3.63) is 0 Å². The summed E-state index contributed by atoms with van der Waals surface area (Å²) in [5.41, 5.74) is 0. The van der Waals surface area contributed by atoms with Crippen LogP contribution in [0.5, 0.6) is 0 Å². The lowest BCUT2D eigenvalue weighted by molar-refractivity contribution is 0.186. The number of rotatable bonds is 4. The summed E-state index contributed by atoms with van der Waals surface area (Å²) in [4.78, 5) is 0. The number of hydrogen-bond acceptors (Lipinski definition) is 2. The molecule has 1 fully saturated rings. The second-order valence-electron chi connectivity index (χ2n) is 8.69. The summed E-state index contributed by atoms with van der Waals surface area (Å²) in [6.45, 7) is 17.3. The molecular weight excluding hydrogens is 298 g/mol. The molecule has 124 valence electrons. The highest BCUT2D eigenvalue weighted by molar-refractivity contribution is 7.85. The molecule has 5 heteroatoms. The molecule has 0 heterocycles. The zero-order valence-electron chi connectivity index (χ0n) is 15.0. The summed E-state index contributed by atoms with van der Waals surface area (Å²) in [7, 11) is -2.82. The van der Waals surface area contributed by atoms with Crippen LogP contribution in [-0.4, -0.2) is 29.6 Å². The molecule has 0 aliphatic heterocycles. The maximum absolute atomic E-state index is 12.0. The minimum Gasteiger partial charge on any atom is -0.414 e. The van der Waals surface area contributed by atoms with Gasteiger partial charge in [0.15, 0.2) is 8.32 Å². The highest BCUT2D eigenvalue weighted by Gasteiger charge is 2.40. The van der Waals surface area contributed by atoms with Crippen LogP contribution in [0, 0.1) is 5.92 Å². The van der Waals surface area contributed by atoms with Crippen LogP contribution >= 0.6 is 0 Å². The molecule has 0 aromatic heterocycles. The first kappa shape index (κ1) is 19.0. The lowest BCUT2D eigenvalue weighted by Crippen LogP contribution is -2.43. The second-order valence-corrected chi connectivity index (χ2v) is 15.4. The van der Waals surface area contributed by atoms with Crippen LogP contribution in [0.25, 0.3) is 0 Å². The van der Waals surface area contributed by atoms with Gasteiger partial charge in [-0.1, -0.05) is 20.8 Å². The van der Waals surface area contributed by atoms with Gasteiger partial charge in [-0.2, -0.15) is 4.40 Å². The van der Waals surface area contributed by atoms with Crippen LogP contribution in [0.15, 0.2) is 4.40 Å². The summed E-state index contributed by atoms with van der Waals surface area (Å²) < 4.78 is 22.4. The minimum atomic E-state index is -1.68. The smallest absolute Gasteiger partial charge is 0.192 e. The van der Waals surface area contributed by atoms with E-state index in [-0.39, 0.29) is 9.79 Å². The lowest BCUT2D eigenvalue weighted by Gasteiger charge is -2.38. The quantitative estimate of drug-likeness (QED) is 0.553. The normalized spacial score (nSPS) is 26.5. The van der Waals surface area contributed by atoms with Crippen LogP contribution in [0.2, 0.25) is 18.1 Å². The van der Waals surface area contributed by atoms with E-state index in [0.717, 1.165) is 19.3 Å². The number of nitrogens with zero attached hydrogens (tertiary/aromatic N) is 1. The second kappa shape index (κ2) is 6.63. The SMILES string of the molecule is CC(C)(C)S(=O)N=CC1CCC(O[Si](C)(C)C(C)(C)C)C1. The first-order valence-corrected chi connectivity index (χ1v) is 12.0. The van der Waals surface area contributed by atoms with Gasteiger partial charge in [0.2, 0.25) is 0 Å². The molecule has 3 unspecified atom stereocenters. The van der Waals surface area contributed by atoms with Crippen LogP contribution in [-0.2, 0) is 15.4 Å². The molecule has 3 nitrogen and oxygen atoms in total. The zero-order chi connectivity index (χ0) is 16.5. The molecule has 1 aliphatic rings. The Hall–Kier alpha value is -0.00312. The van der Waals surface area contributed by atoms with E-state index < -0.39 is 19.3 Å². The van der Waals surface area contributed by atoms with Gasteiger partial charge in [0.25, 0.3) is 0 Å². The van der Waals surface area contributed by atoms with Crippen molar-refractivity contribution in [1.29, 1.82) is 0 Å². The van der Waals surface area contributed by atoms with E-state index in [9.17, 15) is 4.21 Å². The number of hydrogen-bond donors (Lipinski definition) is 0. The van der Waals surface area contributed by atoms with E-state index in [1.807, 2.05) is 27.0 Å². The van der Waals surface area contributed by atoms with Gasteiger partial charge >= 0.3 is 0 Å². The average Bonchev–Trinajstić information content (AvgIpc) is 2.69. The van der Waals surface area contributed by atoms with Gasteiger partial charge in [-0.3, -0.25) is 0 Å². The maximum Gasteiger partial charge on any atom is 0.192 e. The summed E-state index contributed by atoms with van der Waals surface area (Å²) in [6.07, 6.45) is 5.49. The van der Waals surface area contributed by atoms with Crippen molar-refractivity contribution in [1.82, 2.24) is 0 Å². The molecule has 1 aliphatic carbocycles. The maximum atomic E-state index is 12.0. The molecule has 0 amide bonds. The standard InChI is InChI=1S/C16H33NO2SSi/c1-15(2,3)20(18)17-12-13-9-10-14(11-13)19-21(7,8)16(4,5)6/h12-14H,9-11H2,1-8H3. The van der Waals surface area contributed by atoms with E-state index in [0.29, 0.717) is 12.0 Å². The molecule has 0 aromatic carbocycles. The van der Waals surface area contributed by atoms with Gasteiger partial charge in [-0.05, 0) is 64.1 Å². The Bertz CT molecular complexity index is 407. The molecule has 0 saturated heterocycles. The van der Waals surface area contributed by atoms with Crippen LogP contribution in [0.1, 0.15) is 60.8 Å². The van der Waals surface area contributed by atoms with Crippen molar-refractivity contribution in [2.24, 2.45) is 10.3 Å². The first-order valence-electron chi connectivity index (χ1n) is 7.97. The third kappa shape index (κ3) is 5.60. The Morgan fingerprint density at radius 1 is 1.14 bits per heavy atom. The fourth-order valence-electron chi connectivity index (χ4n) is 2.11. The van der Waals surface area contributed by atoms with Crippen LogP contribution in [0.3, 0.4) is 0 Å². The Morgan fingerprint density at radius 3 is 2.19 bits per heavy atom. The topological polar surface area (TPSA) is 38.7 Å². The van der Waals surface area contributed by atoms with E-state index >= 15 is 0 Å². The van der Waals surface area contributed by atoms with Gasteiger partial charge in [0.1, 0.15) is 11.0 Å². The summed E-state index contributed by atoms with van der Waals surface area (Å²) >= 11 is 0. The Labute approximate surface area is 134 Å². The Kier molecular flexibility index (Phi) is 6.01. The molecule has 0 aromatic rings. The van der Waals surface area contributed by atoms with Gasteiger partial charge in [0.05, 0.1) is 4.75 Å². The molecule has 0 N–H and O–H groups in total. The third-order valence-corrected chi connectivity index (χ3v) is 10.5. The van der Waals surface area contributed by atoms with Crippen molar-refractivity contribution < 1.29 is 8.63 Å². The van der Waals surface area contributed by atoms with Crippen molar-refractivity contribution >= 4 is 25.5 Å². The summed E-state index contributed by atoms with van der Waals surface area (Å²) in [5.74, 6) is 0.422. The summed E-state index contributed by atoms with van der Waals surface area (Å²) in [6, 6.07) is 0. The van der Waals surface area contributed by atoms with Gasteiger partial charge in [-0.15, -0.1) is 0 Å². The molecule has 21 heavy (non-hydrogen) atoms. The molecule has 3 atom stereocenters. The first-order chi connectivity index (χ1) is 9.33. The van der Waals surface area contributed by atoms with E-state index in [1.54, 1.807) is 0 Å².